The van der Waals surface area contributed by atoms with Gasteiger partial charge in [-0.05, 0) is 86.2 Å². The molecule has 0 N–H and O–H groups in total. The normalized spacial score (nSPS) is 30.9. The molecule has 3 aliphatic rings. The number of unbranched alkanes of at least 4 members (excludes halogenated alkanes) is 2. The van der Waals surface area contributed by atoms with Crippen molar-refractivity contribution in [2.24, 2.45) is 17.8 Å². The van der Waals surface area contributed by atoms with Gasteiger partial charge in [0.2, 0.25) is 0 Å². The number of halogens is 2. The Morgan fingerprint density at radius 3 is 2.38 bits per heavy atom. The highest BCUT2D eigenvalue weighted by Crippen LogP contribution is 2.43. The number of benzene rings is 1. The smallest absolute Gasteiger partial charge is 0.166 e. The second-order valence-electron chi connectivity index (χ2n) is 10.5. The van der Waals surface area contributed by atoms with Gasteiger partial charge < -0.3 is 4.74 Å². The summed E-state index contributed by atoms with van der Waals surface area (Å²) >= 11 is 0. The molecule has 1 nitrogen and oxygen atoms in total. The fourth-order valence-corrected chi connectivity index (χ4v) is 5.98. The third-order valence-corrected chi connectivity index (χ3v) is 8.15. The summed E-state index contributed by atoms with van der Waals surface area (Å²) in [7, 11) is 0. The van der Waals surface area contributed by atoms with E-state index >= 15 is 4.39 Å². The van der Waals surface area contributed by atoms with Crippen LogP contribution in [0.2, 0.25) is 0 Å². The molecule has 1 aromatic rings. The third-order valence-electron chi connectivity index (χ3n) is 8.15. The lowest BCUT2D eigenvalue weighted by atomic mass is 9.72. The molecule has 2 aliphatic carbocycles. The molecule has 1 saturated carbocycles. The van der Waals surface area contributed by atoms with Gasteiger partial charge in [0.1, 0.15) is 0 Å². The predicted octanol–water partition coefficient (Wildman–Crippen LogP) is 8.59. The minimum absolute atomic E-state index is 0.136. The first-order chi connectivity index (χ1) is 15.6. The first kappa shape index (κ1) is 23.7. The van der Waals surface area contributed by atoms with Crippen LogP contribution in [-0.4, -0.2) is 12.7 Å². The Morgan fingerprint density at radius 1 is 0.938 bits per heavy atom. The molecule has 4 rings (SSSR count). The number of rotatable bonds is 7. The molecule has 0 amide bonds. The summed E-state index contributed by atoms with van der Waals surface area (Å²) in [6.45, 7) is 5.27. The molecule has 1 saturated heterocycles. The molecule has 3 unspecified atom stereocenters. The Bertz CT molecular complexity index is 811. The van der Waals surface area contributed by atoms with Crippen LogP contribution in [0.1, 0.15) is 102 Å². The van der Waals surface area contributed by atoms with Crippen LogP contribution in [0.3, 0.4) is 0 Å². The van der Waals surface area contributed by atoms with Gasteiger partial charge in [-0.2, -0.15) is 0 Å². The van der Waals surface area contributed by atoms with Crippen molar-refractivity contribution >= 4 is 5.57 Å². The van der Waals surface area contributed by atoms with Crippen molar-refractivity contribution in [3.63, 3.8) is 0 Å². The van der Waals surface area contributed by atoms with Crippen LogP contribution < -0.4 is 0 Å². The third kappa shape index (κ3) is 5.53. The van der Waals surface area contributed by atoms with Crippen molar-refractivity contribution in [1.29, 1.82) is 0 Å². The second kappa shape index (κ2) is 11.1. The number of ether oxygens (including phenoxy) is 1. The van der Waals surface area contributed by atoms with Gasteiger partial charge in [0, 0.05) is 5.56 Å². The minimum atomic E-state index is -0.676. The van der Waals surface area contributed by atoms with Crippen LogP contribution in [0.4, 0.5) is 8.78 Å². The Hall–Kier alpha value is -1.48. The van der Waals surface area contributed by atoms with Crippen molar-refractivity contribution in [3.8, 4) is 0 Å². The van der Waals surface area contributed by atoms with E-state index in [1.807, 2.05) is 18.2 Å². The molecule has 176 valence electrons. The van der Waals surface area contributed by atoms with Gasteiger partial charge in [-0.3, -0.25) is 0 Å². The zero-order valence-corrected chi connectivity index (χ0v) is 19.9. The van der Waals surface area contributed by atoms with E-state index in [4.69, 9.17) is 4.74 Å². The lowest BCUT2D eigenvalue weighted by Gasteiger charge is -2.38. The van der Waals surface area contributed by atoms with E-state index < -0.39 is 11.6 Å². The van der Waals surface area contributed by atoms with Crippen molar-refractivity contribution in [2.75, 3.05) is 6.61 Å². The van der Waals surface area contributed by atoms with Crippen LogP contribution in [-0.2, 0) is 4.74 Å². The van der Waals surface area contributed by atoms with E-state index in [0.29, 0.717) is 35.0 Å². The first-order valence-corrected chi connectivity index (χ1v) is 13.0. The SMILES string of the molecule is CCCCCC1CCC(C2CCC(c3ccc(C4=CCC(C)C=C4)c(F)c3F)CC2)CO1. The molecule has 1 aliphatic heterocycles. The van der Waals surface area contributed by atoms with Gasteiger partial charge >= 0.3 is 0 Å². The van der Waals surface area contributed by atoms with Gasteiger partial charge in [-0.15, -0.1) is 0 Å². The summed E-state index contributed by atoms with van der Waals surface area (Å²) in [6, 6.07) is 3.63. The summed E-state index contributed by atoms with van der Waals surface area (Å²) in [4.78, 5) is 0. The number of hydrogen-bond donors (Lipinski definition) is 0. The van der Waals surface area contributed by atoms with E-state index in [9.17, 15) is 4.39 Å². The maximum absolute atomic E-state index is 15.1. The number of allylic oxidation sites excluding steroid dienone is 4. The zero-order chi connectivity index (χ0) is 22.5. The molecule has 2 fully saturated rings. The molecule has 32 heavy (non-hydrogen) atoms. The molecule has 1 aromatic carbocycles. The van der Waals surface area contributed by atoms with E-state index in [0.717, 1.165) is 44.3 Å². The second-order valence-corrected chi connectivity index (χ2v) is 10.5. The lowest BCUT2D eigenvalue weighted by Crippen LogP contribution is -2.32. The summed E-state index contributed by atoms with van der Waals surface area (Å²) in [5.74, 6) is 0.614. The molecule has 0 spiro atoms. The van der Waals surface area contributed by atoms with Crippen LogP contribution in [0.5, 0.6) is 0 Å². The number of hydrogen-bond acceptors (Lipinski definition) is 1. The predicted molar refractivity (Wildman–Crippen MR) is 129 cm³/mol. The molecule has 0 radical (unpaired) electrons. The van der Waals surface area contributed by atoms with Crippen LogP contribution in [0.25, 0.3) is 5.57 Å². The Kier molecular flexibility index (Phi) is 8.21. The average molecular weight is 443 g/mol. The lowest BCUT2D eigenvalue weighted by molar-refractivity contribution is -0.0415. The van der Waals surface area contributed by atoms with Crippen molar-refractivity contribution in [2.45, 2.75) is 96.5 Å². The Balaban J connectivity index is 1.31. The topological polar surface area (TPSA) is 9.23 Å². The summed E-state index contributed by atoms with van der Waals surface area (Å²) in [5.41, 5.74) is 1.78. The van der Waals surface area contributed by atoms with Crippen LogP contribution in [0.15, 0.2) is 30.4 Å². The zero-order valence-electron chi connectivity index (χ0n) is 19.9. The van der Waals surface area contributed by atoms with Crippen molar-refractivity contribution < 1.29 is 13.5 Å². The van der Waals surface area contributed by atoms with E-state index in [1.54, 1.807) is 6.07 Å². The summed E-state index contributed by atoms with van der Waals surface area (Å²) in [6.07, 6.45) is 19.0. The van der Waals surface area contributed by atoms with Gasteiger partial charge in [-0.25, -0.2) is 8.78 Å². The monoisotopic (exact) mass is 442 g/mol. The van der Waals surface area contributed by atoms with Crippen LogP contribution >= 0.6 is 0 Å². The minimum Gasteiger partial charge on any atom is -0.378 e. The van der Waals surface area contributed by atoms with Gasteiger partial charge in [0.05, 0.1) is 12.7 Å². The van der Waals surface area contributed by atoms with E-state index in [-0.39, 0.29) is 5.92 Å². The molecule has 3 atom stereocenters. The van der Waals surface area contributed by atoms with Crippen molar-refractivity contribution in [3.05, 3.63) is 53.1 Å². The average Bonchev–Trinajstić information content (AvgIpc) is 2.82. The molecular weight excluding hydrogens is 402 g/mol. The quantitative estimate of drug-likeness (QED) is 0.384. The maximum atomic E-state index is 15.1. The fraction of sp³-hybridized carbons (Fsp3) is 0.655. The van der Waals surface area contributed by atoms with Gasteiger partial charge in [0.15, 0.2) is 11.6 Å². The van der Waals surface area contributed by atoms with E-state index in [1.165, 1.54) is 38.5 Å². The van der Waals surface area contributed by atoms with E-state index in [2.05, 4.69) is 19.9 Å². The van der Waals surface area contributed by atoms with Crippen molar-refractivity contribution in [1.82, 2.24) is 0 Å². The highest BCUT2D eigenvalue weighted by Gasteiger charge is 2.33. The molecular formula is C29H40F2O. The Labute approximate surface area is 193 Å². The largest absolute Gasteiger partial charge is 0.378 e. The molecule has 1 heterocycles. The molecule has 0 bridgehead atoms. The van der Waals surface area contributed by atoms with Crippen LogP contribution in [0, 0.1) is 29.4 Å². The summed E-state index contributed by atoms with van der Waals surface area (Å²) < 4.78 is 36.2. The fourth-order valence-electron chi connectivity index (χ4n) is 5.98. The first-order valence-electron chi connectivity index (χ1n) is 13.0. The molecule has 3 heteroatoms. The molecule has 0 aromatic heterocycles. The highest BCUT2D eigenvalue weighted by atomic mass is 19.2. The standard InChI is InChI=1S/C29H40F2O/c1-3-4-5-6-25-16-15-24(19-32-25)21-11-13-23(14-12-21)27-18-17-26(28(30)29(27)31)22-9-7-20(2)8-10-22/h7,9-10,17-18,20-21,23-25H,3-6,8,11-16,19H2,1-2H3. The van der Waals surface area contributed by atoms with Gasteiger partial charge in [0.25, 0.3) is 0 Å². The summed E-state index contributed by atoms with van der Waals surface area (Å²) in [5, 5.41) is 0. The highest BCUT2D eigenvalue weighted by molar-refractivity contribution is 5.75. The maximum Gasteiger partial charge on any atom is 0.166 e. The Morgan fingerprint density at radius 2 is 1.72 bits per heavy atom. The van der Waals surface area contributed by atoms with Gasteiger partial charge in [-0.1, -0.05) is 63.5 Å².